The molecule has 1 heterocycles. The Bertz CT molecular complexity index is 957. The van der Waals surface area contributed by atoms with Gasteiger partial charge in [0.05, 0.1) is 7.11 Å². The first kappa shape index (κ1) is 19.2. The number of ether oxygens (including phenoxy) is 1. The molecule has 0 spiro atoms. The molecule has 0 unspecified atom stereocenters. The topological polar surface area (TPSA) is 88.2 Å². The van der Waals surface area contributed by atoms with Gasteiger partial charge in [0.2, 0.25) is 5.95 Å². The van der Waals surface area contributed by atoms with Gasteiger partial charge in [0.1, 0.15) is 11.6 Å². The predicted octanol–water partition coefficient (Wildman–Crippen LogP) is 4.22. The van der Waals surface area contributed by atoms with Gasteiger partial charge < -0.3 is 20.7 Å². The van der Waals surface area contributed by atoms with Crippen molar-refractivity contribution < 1.29 is 9.53 Å². The third-order valence-electron chi connectivity index (χ3n) is 3.94. The number of amides is 1. The van der Waals surface area contributed by atoms with E-state index in [0.717, 1.165) is 23.7 Å². The van der Waals surface area contributed by atoms with Crippen LogP contribution in [0.5, 0.6) is 5.75 Å². The number of hydrogen-bond donors (Lipinski definition) is 3. The van der Waals surface area contributed by atoms with Crippen molar-refractivity contribution in [3.8, 4) is 5.75 Å². The second-order valence-electron chi connectivity index (χ2n) is 6.14. The molecule has 3 N–H and O–H groups in total. The third kappa shape index (κ3) is 4.97. The lowest BCUT2D eigenvalue weighted by molar-refractivity contribution is 0.102. The van der Waals surface area contributed by atoms with E-state index in [1.807, 2.05) is 44.2 Å². The molecule has 1 aromatic heterocycles. The number of carbonyl (C=O) groups excluding carboxylic acids is 1. The number of nitrogens with zero attached hydrogens (tertiary/aromatic N) is 2. The van der Waals surface area contributed by atoms with Gasteiger partial charge in [-0.1, -0.05) is 6.07 Å². The summed E-state index contributed by atoms with van der Waals surface area (Å²) in [6, 6.07) is 16.3. The van der Waals surface area contributed by atoms with Crippen LogP contribution in [-0.4, -0.2) is 29.5 Å². The van der Waals surface area contributed by atoms with Crippen molar-refractivity contribution in [2.75, 3.05) is 29.6 Å². The average molecular weight is 377 g/mol. The molecule has 0 saturated carbocycles. The minimum atomic E-state index is -0.197. The van der Waals surface area contributed by atoms with Crippen LogP contribution in [0.2, 0.25) is 0 Å². The third-order valence-corrected chi connectivity index (χ3v) is 3.94. The number of nitrogens with one attached hydrogen (secondary N) is 3. The van der Waals surface area contributed by atoms with Crippen molar-refractivity contribution in [1.82, 2.24) is 9.97 Å². The highest BCUT2D eigenvalue weighted by atomic mass is 16.5. The molecule has 7 heteroatoms. The van der Waals surface area contributed by atoms with E-state index in [9.17, 15) is 4.79 Å². The Hall–Kier alpha value is -3.61. The molecule has 2 aromatic carbocycles. The molecular formula is C21H23N5O2. The Labute approximate surface area is 164 Å². The zero-order valence-corrected chi connectivity index (χ0v) is 16.1. The normalized spacial score (nSPS) is 10.2. The van der Waals surface area contributed by atoms with E-state index >= 15 is 0 Å². The Balaban J connectivity index is 1.67. The van der Waals surface area contributed by atoms with E-state index in [0.29, 0.717) is 22.9 Å². The van der Waals surface area contributed by atoms with Crippen molar-refractivity contribution in [3.63, 3.8) is 0 Å². The lowest BCUT2D eigenvalue weighted by atomic mass is 10.2. The van der Waals surface area contributed by atoms with Crippen LogP contribution in [0.15, 0.2) is 54.6 Å². The molecule has 144 valence electrons. The number of benzene rings is 2. The molecule has 3 rings (SSSR count). The maximum absolute atomic E-state index is 12.4. The van der Waals surface area contributed by atoms with Crippen LogP contribution in [0.25, 0.3) is 0 Å². The molecule has 3 aromatic rings. The molecule has 0 saturated heterocycles. The van der Waals surface area contributed by atoms with E-state index in [1.54, 1.807) is 31.4 Å². The number of aryl methyl sites for hydroxylation is 1. The van der Waals surface area contributed by atoms with Crippen LogP contribution in [-0.2, 0) is 0 Å². The second-order valence-corrected chi connectivity index (χ2v) is 6.14. The van der Waals surface area contributed by atoms with Crippen molar-refractivity contribution in [1.29, 1.82) is 0 Å². The summed E-state index contributed by atoms with van der Waals surface area (Å²) in [4.78, 5) is 21.2. The van der Waals surface area contributed by atoms with Gasteiger partial charge in [-0.25, -0.2) is 4.98 Å². The zero-order chi connectivity index (χ0) is 19.9. The summed E-state index contributed by atoms with van der Waals surface area (Å²) >= 11 is 0. The first-order valence-corrected chi connectivity index (χ1v) is 8.99. The first-order valence-electron chi connectivity index (χ1n) is 8.99. The highest BCUT2D eigenvalue weighted by Crippen LogP contribution is 2.19. The minimum Gasteiger partial charge on any atom is -0.497 e. The molecule has 28 heavy (non-hydrogen) atoms. The van der Waals surface area contributed by atoms with Gasteiger partial charge in [-0.3, -0.25) is 4.79 Å². The van der Waals surface area contributed by atoms with Gasteiger partial charge in [-0.2, -0.15) is 4.98 Å². The van der Waals surface area contributed by atoms with Gasteiger partial charge >= 0.3 is 0 Å². The Morgan fingerprint density at radius 1 is 1.04 bits per heavy atom. The Morgan fingerprint density at radius 2 is 1.79 bits per heavy atom. The molecule has 1 amide bonds. The molecule has 0 aliphatic heterocycles. The molecule has 0 radical (unpaired) electrons. The van der Waals surface area contributed by atoms with Gasteiger partial charge in [0.15, 0.2) is 0 Å². The first-order chi connectivity index (χ1) is 13.6. The molecule has 0 atom stereocenters. The van der Waals surface area contributed by atoms with Crippen molar-refractivity contribution in [2.24, 2.45) is 0 Å². The molecule has 0 fully saturated rings. The summed E-state index contributed by atoms with van der Waals surface area (Å²) in [5, 5.41) is 9.23. The summed E-state index contributed by atoms with van der Waals surface area (Å²) in [6.45, 7) is 4.73. The molecular weight excluding hydrogens is 354 g/mol. The number of hydrogen-bond acceptors (Lipinski definition) is 6. The van der Waals surface area contributed by atoms with Crippen LogP contribution < -0.4 is 20.7 Å². The number of rotatable bonds is 7. The lowest BCUT2D eigenvalue weighted by Gasteiger charge is -2.10. The van der Waals surface area contributed by atoms with Gasteiger partial charge in [-0.05, 0) is 56.3 Å². The molecule has 0 bridgehead atoms. The highest BCUT2D eigenvalue weighted by molar-refractivity contribution is 6.04. The number of carbonyl (C=O) groups is 1. The van der Waals surface area contributed by atoms with E-state index in [2.05, 4.69) is 25.9 Å². The van der Waals surface area contributed by atoms with E-state index in [1.165, 1.54) is 0 Å². The highest BCUT2D eigenvalue weighted by Gasteiger charge is 2.08. The summed E-state index contributed by atoms with van der Waals surface area (Å²) in [5.74, 6) is 1.74. The van der Waals surface area contributed by atoms with Crippen LogP contribution in [0.4, 0.5) is 23.1 Å². The Morgan fingerprint density at radius 3 is 2.50 bits per heavy atom. The number of aromatic nitrogens is 2. The van der Waals surface area contributed by atoms with Crippen LogP contribution in [0.3, 0.4) is 0 Å². The SMILES string of the molecule is CCNc1cc(C)nc(Nc2ccc(NC(=O)c3cccc(OC)c3)cc2)n1. The van der Waals surface area contributed by atoms with Gasteiger partial charge in [0, 0.05) is 35.2 Å². The van der Waals surface area contributed by atoms with Crippen molar-refractivity contribution >= 4 is 29.0 Å². The number of anilines is 4. The van der Waals surface area contributed by atoms with E-state index in [-0.39, 0.29) is 5.91 Å². The van der Waals surface area contributed by atoms with Crippen molar-refractivity contribution in [2.45, 2.75) is 13.8 Å². The summed E-state index contributed by atoms with van der Waals surface area (Å²) in [6.07, 6.45) is 0. The fourth-order valence-corrected chi connectivity index (χ4v) is 2.63. The summed E-state index contributed by atoms with van der Waals surface area (Å²) in [7, 11) is 1.57. The van der Waals surface area contributed by atoms with Gasteiger partial charge in [-0.15, -0.1) is 0 Å². The predicted molar refractivity (Wildman–Crippen MR) is 112 cm³/mol. The van der Waals surface area contributed by atoms with Crippen LogP contribution >= 0.6 is 0 Å². The maximum Gasteiger partial charge on any atom is 0.255 e. The average Bonchev–Trinajstić information content (AvgIpc) is 2.69. The fourth-order valence-electron chi connectivity index (χ4n) is 2.63. The monoisotopic (exact) mass is 377 g/mol. The summed E-state index contributed by atoms with van der Waals surface area (Å²) < 4.78 is 5.15. The minimum absolute atomic E-state index is 0.197. The van der Waals surface area contributed by atoms with Crippen LogP contribution in [0.1, 0.15) is 23.0 Å². The largest absolute Gasteiger partial charge is 0.497 e. The van der Waals surface area contributed by atoms with Crippen LogP contribution in [0, 0.1) is 6.92 Å². The number of methoxy groups -OCH3 is 1. The molecule has 0 aliphatic rings. The lowest BCUT2D eigenvalue weighted by Crippen LogP contribution is -2.11. The van der Waals surface area contributed by atoms with Gasteiger partial charge in [0.25, 0.3) is 5.91 Å². The second kappa shape index (κ2) is 8.85. The maximum atomic E-state index is 12.4. The van der Waals surface area contributed by atoms with E-state index < -0.39 is 0 Å². The quantitative estimate of drug-likeness (QED) is 0.571. The van der Waals surface area contributed by atoms with Crippen molar-refractivity contribution in [3.05, 3.63) is 65.9 Å². The zero-order valence-electron chi connectivity index (χ0n) is 16.1. The standard InChI is InChI=1S/C21H23N5O2/c1-4-22-19-12-14(2)23-21(26-19)25-17-10-8-16(9-11-17)24-20(27)15-6-5-7-18(13-15)28-3/h5-13H,4H2,1-3H3,(H,24,27)(H2,22,23,25,26). The Kier molecular flexibility index (Phi) is 6.06. The molecule has 0 aliphatic carbocycles. The summed E-state index contributed by atoms with van der Waals surface area (Å²) in [5.41, 5.74) is 2.92. The molecule has 7 nitrogen and oxygen atoms in total. The van der Waals surface area contributed by atoms with E-state index in [4.69, 9.17) is 4.74 Å². The fraction of sp³-hybridized carbons (Fsp3) is 0.190. The smallest absolute Gasteiger partial charge is 0.255 e.